The first-order valence-electron chi connectivity index (χ1n) is 12.5. The fourth-order valence-electron chi connectivity index (χ4n) is 3.90. The van der Waals surface area contributed by atoms with Crippen molar-refractivity contribution in [3.8, 4) is 0 Å². The molecule has 0 aliphatic heterocycles. The molecular formula is C28H41N3O4S. The van der Waals surface area contributed by atoms with Gasteiger partial charge >= 0.3 is 0 Å². The van der Waals surface area contributed by atoms with Crippen LogP contribution in [0.2, 0.25) is 0 Å². The highest BCUT2D eigenvalue weighted by Crippen LogP contribution is 2.22. The number of aryl methyl sites for hydroxylation is 3. The molecule has 0 aliphatic rings. The molecule has 2 amide bonds. The van der Waals surface area contributed by atoms with E-state index in [-0.39, 0.29) is 30.8 Å². The van der Waals surface area contributed by atoms with Crippen molar-refractivity contribution in [3.63, 3.8) is 0 Å². The zero-order valence-corrected chi connectivity index (χ0v) is 23.5. The van der Waals surface area contributed by atoms with Gasteiger partial charge in [-0.05, 0) is 81.8 Å². The van der Waals surface area contributed by atoms with E-state index in [4.69, 9.17) is 0 Å². The summed E-state index contributed by atoms with van der Waals surface area (Å²) in [7, 11) is -3.52. The van der Waals surface area contributed by atoms with Gasteiger partial charge in [-0.1, -0.05) is 37.3 Å². The first-order chi connectivity index (χ1) is 16.8. The number of carbonyl (C=O) groups excluding carboxylic acids is 2. The summed E-state index contributed by atoms with van der Waals surface area (Å²) in [5.41, 5.74) is 4.69. The summed E-state index contributed by atoms with van der Waals surface area (Å²) < 4.78 is 26.4. The van der Waals surface area contributed by atoms with Crippen LogP contribution in [0.4, 0.5) is 5.69 Å². The highest BCUT2D eigenvalue weighted by Gasteiger charge is 2.27. The Hall–Kier alpha value is -2.87. The van der Waals surface area contributed by atoms with Gasteiger partial charge < -0.3 is 10.2 Å². The second-order valence-corrected chi connectivity index (χ2v) is 11.6. The quantitative estimate of drug-likeness (QED) is 0.451. The van der Waals surface area contributed by atoms with Crippen molar-refractivity contribution in [3.05, 3.63) is 64.7 Å². The number of carbonyl (C=O) groups is 2. The first-order valence-corrected chi connectivity index (χ1v) is 14.4. The van der Waals surface area contributed by atoms with Crippen LogP contribution in [-0.4, -0.2) is 50.0 Å². The second kappa shape index (κ2) is 12.9. The molecule has 8 heteroatoms. The van der Waals surface area contributed by atoms with E-state index in [0.29, 0.717) is 18.7 Å². The third-order valence-electron chi connectivity index (χ3n) is 6.70. The number of nitrogens with one attached hydrogen (secondary N) is 1. The van der Waals surface area contributed by atoms with Gasteiger partial charge in [0.05, 0.1) is 11.9 Å². The molecule has 0 saturated heterocycles. The second-order valence-electron chi connectivity index (χ2n) is 9.65. The maximum Gasteiger partial charge on any atom is 0.242 e. The largest absolute Gasteiger partial charge is 0.352 e. The van der Waals surface area contributed by atoms with Gasteiger partial charge in [-0.2, -0.15) is 0 Å². The van der Waals surface area contributed by atoms with Crippen LogP contribution < -0.4 is 9.62 Å². The molecule has 0 fully saturated rings. The predicted octanol–water partition coefficient (Wildman–Crippen LogP) is 4.49. The normalized spacial score (nSPS) is 13.1. The number of amides is 2. The topological polar surface area (TPSA) is 86.8 Å². The average molecular weight is 516 g/mol. The fourth-order valence-corrected chi connectivity index (χ4v) is 4.86. The molecule has 0 aromatic heterocycles. The minimum Gasteiger partial charge on any atom is -0.352 e. The molecule has 7 nitrogen and oxygen atoms in total. The Labute approximate surface area is 216 Å². The SMILES string of the molecule is CC[C@H](C)NC(=O)[C@@H](C)N(Cc1ccccc1C)C(=O)CCCN(c1ccc(C)c(C)c1)S(C)(=O)=O. The Balaban J connectivity index is 2.20. The van der Waals surface area contributed by atoms with Gasteiger partial charge in [-0.25, -0.2) is 8.42 Å². The van der Waals surface area contributed by atoms with Crippen LogP contribution in [0.1, 0.15) is 62.3 Å². The minimum absolute atomic E-state index is 0.0108. The van der Waals surface area contributed by atoms with Crippen molar-refractivity contribution in [2.75, 3.05) is 17.1 Å². The summed E-state index contributed by atoms with van der Waals surface area (Å²) in [5, 5.41) is 2.97. The van der Waals surface area contributed by atoms with Crippen molar-refractivity contribution < 1.29 is 18.0 Å². The number of sulfonamides is 1. The van der Waals surface area contributed by atoms with Crippen LogP contribution in [0.3, 0.4) is 0 Å². The number of nitrogens with zero attached hydrogens (tertiary/aromatic N) is 2. The zero-order valence-electron chi connectivity index (χ0n) is 22.7. The number of benzene rings is 2. The summed E-state index contributed by atoms with van der Waals surface area (Å²) in [6.45, 7) is 12.1. The van der Waals surface area contributed by atoms with Crippen molar-refractivity contribution in [1.29, 1.82) is 0 Å². The van der Waals surface area contributed by atoms with Crippen molar-refractivity contribution in [2.45, 2.75) is 79.4 Å². The first kappa shape index (κ1) is 29.4. The summed E-state index contributed by atoms with van der Waals surface area (Å²) in [4.78, 5) is 27.9. The van der Waals surface area contributed by atoms with Crippen molar-refractivity contribution in [1.82, 2.24) is 10.2 Å². The number of hydrogen-bond acceptors (Lipinski definition) is 4. The molecule has 0 unspecified atom stereocenters. The maximum atomic E-state index is 13.4. The van der Waals surface area contributed by atoms with Crippen LogP contribution >= 0.6 is 0 Å². The molecule has 1 N–H and O–H groups in total. The lowest BCUT2D eigenvalue weighted by molar-refractivity contribution is -0.140. The third kappa shape index (κ3) is 8.08. The van der Waals surface area contributed by atoms with Crippen LogP contribution in [-0.2, 0) is 26.2 Å². The van der Waals surface area contributed by atoms with E-state index in [0.717, 1.165) is 28.7 Å². The van der Waals surface area contributed by atoms with Crippen LogP contribution in [0.15, 0.2) is 42.5 Å². The molecule has 0 bridgehead atoms. The molecule has 0 radical (unpaired) electrons. The molecule has 36 heavy (non-hydrogen) atoms. The Morgan fingerprint density at radius 1 is 0.972 bits per heavy atom. The molecule has 198 valence electrons. The van der Waals surface area contributed by atoms with Crippen LogP contribution in [0.25, 0.3) is 0 Å². The molecule has 2 atom stereocenters. The standard InChI is InChI=1S/C28H41N3O4S/c1-8-23(5)29-28(33)24(6)30(19-25-13-10-9-12-21(25)3)27(32)14-11-17-31(36(7,34)35)26-16-15-20(2)22(4)18-26/h9-10,12-13,15-16,18,23-24H,8,11,14,17,19H2,1-7H3,(H,29,33)/t23-,24+/m0/s1. The molecule has 0 heterocycles. The number of hydrogen-bond donors (Lipinski definition) is 1. The van der Waals surface area contributed by atoms with Gasteiger partial charge in [0.1, 0.15) is 6.04 Å². The molecule has 2 aromatic carbocycles. The summed E-state index contributed by atoms with van der Waals surface area (Å²) >= 11 is 0. The molecule has 2 aromatic rings. The number of anilines is 1. The minimum atomic E-state index is -3.52. The molecule has 0 aliphatic carbocycles. The molecular weight excluding hydrogens is 474 g/mol. The molecule has 0 saturated carbocycles. The summed E-state index contributed by atoms with van der Waals surface area (Å²) in [6, 6.07) is 12.7. The molecule has 0 spiro atoms. The Morgan fingerprint density at radius 3 is 2.22 bits per heavy atom. The van der Waals surface area contributed by atoms with Crippen molar-refractivity contribution in [2.24, 2.45) is 0 Å². The summed E-state index contributed by atoms with van der Waals surface area (Å²) in [6.07, 6.45) is 2.44. The smallest absolute Gasteiger partial charge is 0.242 e. The van der Waals surface area contributed by atoms with Gasteiger partial charge in [-0.15, -0.1) is 0 Å². The zero-order chi connectivity index (χ0) is 27.0. The van der Waals surface area contributed by atoms with Gasteiger partial charge in [0.25, 0.3) is 0 Å². The monoisotopic (exact) mass is 515 g/mol. The number of rotatable bonds is 12. The highest BCUT2D eigenvalue weighted by atomic mass is 32.2. The van der Waals surface area contributed by atoms with Crippen molar-refractivity contribution >= 4 is 27.5 Å². The van der Waals surface area contributed by atoms with E-state index in [1.165, 1.54) is 10.6 Å². The lowest BCUT2D eigenvalue weighted by Crippen LogP contribution is -2.49. The summed E-state index contributed by atoms with van der Waals surface area (Å²) in [5.74, 6) is -0.377. The van der Waals surface area contributed by atoms with E-state index in [1.54, 1.807) is 17.9 Å². The Bertz CT molecular complexity index is 1160. The van der Waals surface area contributed by atoms with E-state index in [2.05, 4.69) is 5.32 Å². The maximum absolute atomic E-state index is 13.4. The average Bonchev–Trinajstić information content (AvgIpc) is 2.81. The van der Waals surface area contributed by atoms with Gasteiger partial charge in [0, 0.05) is 25.6 Å². The third-order valence-corrected chi connectivity index (χ3v) is 7.89. The van der Waals surface area contributed by atoms with Crippen LogP contribution in [0.5, 0.6) is 0 Å². The van der Waals surface area contributed by atoms with E-state index < -0.39 is 16.1 Å². The fraction of sp³-hybridized carbons (Fsp3) is 0.500. The van der Waals surface area contributed by atoms with E-state index in [9.17, 15) is 18.0 Å². The lowest BCUT2D eigenvalue weighted by Gasteiger charge is -2.30. The Morgan fingerprint density at radius 2 is 1.64 bits per heavy atom. The van der Waals surface area contributed by atoms with Gasteiger partial charge in [-0.3, -0.25) is 13.9 Å². The van der Waals surface area contributed by atoms with Gasteiger partial charge in [0.2, 0.25) is 21.8 Å². The predicted molar refractivity (Wildman–Crippen MR) is 146 cm³/mol. The van der Waals surface area contributed by atoms with Crippen LogP contribution in [0, 0.1) is 20.8 Å². The molecule has 2 rings (SSSR count). The lowest BCUT2D eigenvalue weighted by atomic mass is 10.1. The highest BCUT2D eigenvalue weighted by molar-refractivity contribution is 7.92. The van der Waals surface area contributed by atoms with E-state index >= 15 is 0 Å². The van der Waals surface area contributed by atoms with E-state index in [1.807, 2.05) is 71.0 Å². The Kier molecular flexibility index (Phi) is 10.5. The van der Waals surface area contributed by atoms with Gasteiger partial charge in [0.15, 0.2) is 0 Å².